The average Bonchev–Trinajstić information content (AvgIpc) is 3.07. The summed E-state index contributed by atoms with van der Waals surface area (Å²) in [5.41, 5.74) is 0.307. The number of nitrogens with zero attached hydrogens (tertiary/aromatic N) is 6. The standard InChI is InChI=1S/C20H25ClFN6O2/c1-24-7-9-27(10-8-24)12-16-23-18-17(19(29)26(3)20(30)25(18)2)28(16)11-13-14(21)5-4-6-15(13)22/h4-6,17H,7-12H2,1-3H3/q+1. The average molecular weight is 436 g/mol. The maximum absolute atomic E-state index is 14.5. The highest BCUT2D eigenvalue weighted by molar-refractivity contribution is 6.31. The lowest BCUT2D eigenvalue weighted by Gasteiger charge is -2.31. The summed E-state index contributed by atoms with van der Waals surface area (Å²) in [6, 6.07) is 3.32. The number of hydrogen-bond acceptors (Lipinski definition) is 5. The summed E-state index contributed by atoms with van der Waals surface area (Å²) >= 11 is 6.27. The van der Waals surface area contributed by atoms with E-state index in [1.165, 1.54) is 18.0 Å². The summed E-state index contributed by atoms with van der Waals surface area (Å²) in [6.07, 6.45) is 0. The lowest BCUT2D eigenvalue weighted by molar-refractivity contribution is -0.552. The van der Waals surface area contributed by atoms with Gasteiger partial charge in [-0.1, -0.05) is 17.7 Å². The second kappa shape index (κ2) is 8.05. The molecule has 160 valence electrons. The van der Waals surface area contributed by atoms with Gasteiger partial charge in [-0.15, -0.1) is 0 Å². The first kappa shape index (κ1) is 20.9. The monoisotopic (exact) mass is 435 g/mol. The minimum atomic E-state index is -0.782. The number of hydrogen-bond donors (Lipinski definition) is 0. The summed E-state index contributed by atoms with van der Waals surface area (Å²) in [5.74, 6) is 0.204. The van der Waals surface area contributed by atoms with Gasteiger partial charge in [0.05, 0.1) is 5.02 Å². The summed E-state index contributed by atoms with van der Waals surface area (Å²) in [7, 11) is 5.13. The van der Waals surface area contributed by atoms with Crippen molar-refractivity contribution in [2.45, 2.75) is 12.6 Å². The largest absolute Gasteiger partial charge is 0.333 e. The third-order valence-electron chi connectivity index (χ3n) is 5.96. The van der Waals surface area contributed by atoms with Crippen LogP contribution in [0, 0.1) is 5.82 Å². The van der Waals surface area contributed by atoms with E-state index in [0.29, 0.717) is 28.8 Å². The molecule has 4 rings (SSSR count). The molecule has 3 heterocycles. The zero-order chi connectivity index (χ0) is 21.6. The van der Waals surface area contributed by atoms with Crippen LogP contribution in [-0.4, -0.2) is 108 Å². The van der Waals surface area contributed by atoms with Gasteiger partial charge >= 0.3 is 11.9 Å². The van der Waals surface area contributed by atoms with Crippen molar-refractivity contribution in [1.82, 2.24) is 19.6 Å². The molecule has 10 heteroatoms. The van der Waals surface area contributed by atoms with E-state index in [4.69, 9.17) is 11.6 Å². The predicted molar refractivity (Wildman–Crippen MR) is 111 cm³/mol. The lowest BCUT2D eigenvalue weighted by Crippen LogP contribution is -2.61. The normalized spacial score (nSPS) is 23.4. The van der Waals surface area contributed by atoms with Crippen LogP contribution in [0.25, 0.3) is 0 Å². The van der Waals surface area contributed by atoms with Crippen LogP contribution in [-0.2, 0) is 11.3 Å². The Balaban J connectivity index is 1.72. The Morgan fingerprint density at radius 2 is 1.83 bits per heavy atom. The van der Waals surface area contributed by atoms with Gasteiger partial charge in [0.25, 0.3) is 17.8 Å². The minimum Gasteiger partial charge on any atom is -0.304 e. The quantitative estimate of drug-likeness (QED) is 0.660. The Morgan fingerprint density at radius 3 is 2.50 bits per heavy atom. The van der Waals surface area contributed by atoms with Gasteiger partial charge in [0, 0.05) is 45.8 Å². The number of benzene rings is 1. The fourth-order valence-corrected chi connectivity index (χ4v) is 4.24. The van der Waals surface area contributed by atoms with Gasteiger partial charge in [-0.05, 0) is 24.2 Å². The predicted octanol–water partition coefficient (Wildman–Crippen LogP) is 0.942. The summed E-state index contributed by atoms with van der Waals surface area (Å²) in [5, 5.41) is 0.295. The number of rotatable bonds is 4. The number of carbonyl (C=O) groups excluding carboxylic acids is 2. The zero-order valence-electron chi connectivity index (χ0n) is 17.3. The molecule has 0 radical (unpaired) electrons. The number of amidine groups is 2. The molecule has 3 aliphatic rings. The Labute approximate surface area is 179 Å². The molecule has 0 aliphatic carbocycles. The zero-order valence-corrected chi connectivity index (χ0v) is 18.1. The van der Waals surface area contributed by atoms with Crippen molar-refractivity contribution in [2.24, 2.45) is 4.99 Å². The number of urea groups is 1. The molecule has 2 fully saturated rings. The van der Waals surface area contributed by atoms with Gasteiger partial charge in [0.2, 0.25) is 0 Å². The molecular formula is C20H25ClFN6O2+. The van der Waals surface area contributed by atoms with Gasteiger partial charge in [-0.25, -0.2) is 13.8 Å². The van der Waals surface area contributed by atoms with Crippen LogP contribution in [0.1, 0.15) is 5.56 Å². The van der Waals surface area contributed by atoms with Crippen molar-refractivity contribution in [3.8, 4) is 0 Å². The molecule has 1 aromatic rings. The molecule has 8 nitrogen and oxygen atoms in total. The van der Waals surface area contributed by atoms with E-state index in [1.54, 1.807) is 23.8 Å². The first-order valence-electron chi connectivity index (χ1n) is 9.88. The topological polar surface area (TPSA) is 62.5 Å². The maximum atomic E-state index is 14.5. The van der Waals surface area contributed by atoms with Crippen LogP contribution in [0.3, 0.4) is 0 Å². The van der Waals surface area contributed by atoms with Gasteiger partial charge in [0.1, 0.15) is 18.9 Å². The van der Waals surface area contributed by atoms with E-state index in [-0.39, 0.29) is 12.5 Å². The SMILES string of the molecule is CN1CCN(CC2=[N+](Cc3c(F)cccc3Cl)C3C(=O)N(C)C(=O)N(C)C3=N2)CC1. The second-order valence-corrected chi connectivity index (χ2v) is 8.34. The number of piperazine rings is 1. The first-order chi connectivity index (χ1) is 14.3. The third kappa shape index (κ3) is 3.61. The lowest BCUT2D eigenvalue weighted by atomic mass is 10.1. The van der Waals surface area contributed by atoms with Gasteiger partial charge in [-0.3, -0.25) is 19.5 Å². The Morgan fingerprint density at radius 1 is 1.13 bits per heavy atom. The van der Waals surface area contributed by atoms with Crippen molar-refractivity contribution >= 4 is 35.2 Å². The number of aliphatic imine (C=N–C) groups is 1. The second-order valence-electron chi connectivity index (χ2n) is 7.94. The number of carbonyl (C=O) groups is 2. The van der Waals surface area contributed by atoms with Crippen molar-refractivity contribution in [2.75, 3.05) is 53.9 Å². The summed E-state index contributed by atoms with van der Waals surface area (Å²) < 4.78 is 16.3. The molecule has 1 atom stereocenters. The fourth-order valence-electron chi connectivity index (χ4n) is 4.02. The molecule has 0 spiro atoms. The van der Waals surface area contributed by atoms with E-state index in [0.717, 1.165) is 31.1 Å². The van der Waals surface area contributed by atoms with Crippen LogP contribution >= 0.6 is 11.6 Å². The highest BCUT2D eigenvalue weighted by Gasteiger charge is 2.53. The highest BCUT2D eigenvalue weighted by Crippen LogP contribution is 2.25. The van der Waals surface area contributed by atoms with Crippen LogP contribution in [0.5, 0.6) is 0 Å². The molecule has 30 heavy (non-hydrogen) atoms. The van der Waals surface area contributed by atoms with Crippen LogP contribution in [0.2, 0.25) is 5.02 Å². The van der Waals surface area contributed by atoms with Gasteiger partial charge in [-0.2, -0.15) is 0 Å². The molecule has 3 amide bonds. The number of fused-ring (bicyclic) bond motifs is 1. The molecule has 0 bridgehead atoms. The first-order valence-corrected chi connectivity index (χ1v) is 10.3. The highest BCUT2D eigenvalue weighted by atomic mass is 35.5. The number of amides is 3. The van der Waals surface area contributed by atoms with Crippen LogP contribution < -0.4 is 0 Å². The number of imide groups is 1. The van der Waals surface area contributed by atoms with E-state index in [2.05, 4.69) is 21.8 Å². The molecule has 1 aromatic carbocycles. The molecule has 2 saturated heterocycles. The van der Waals surface area contributed by atoms with E-state index in [1.807, 2.05) is 0 Å². The van der Waals surface area contributed by atoms with Crippen molar-refractivity contribution in [3.05, 3.63) is 34.6 Å². The van der Waals surface area contributed by atoms with Crippen molar-refractivity contribution in [1.29, 1.82) is 0 Å². The fraction of sp³-hybridized carbons (Fsp3) is 0.500. The van der Waals surface area contributed by atoms with E-state index in [9.17, 15) is 14.0 Å². The van der Waals surface area contributed by atoms with Crippen LogP contribution in [0.15, 0.2) is 23.2 Å². The number of likely N-dealkylation sites (N-methyl/N-ethyl adjacent to an activating group) is 3. The Bertz CT molecular complexity index is 936. The molecule has 0 N–H and O–H groups in total. The van der Waals surface area contributed by atoms with E-state index < -0.39 is 17.9 Å². The Kier molecular flexibility index (Phi) is 5.61. The summed E-state index contributed by atoms with van der Waals surface area (Å²) in [6.45, 7) is 4.21. The van der Waals surface area contributed by atoms with Crippen molar-refractivity contribution in [3.63, 3.8) is 0 Å². The smallest absolute Gasteiger partial charge is 0.304 e. The van der Waals surface area contributed by atoms with Crippen molar-refractivity contribution < 1.29 is 18.6 Å². The molecule has 3 aliphatic heterocycles. The third-order valence-corrected chi connectivity index (χ3v) is 6.32. The van der Waals surface area contributed by atoms with Crippen LogP contribution in [0.4, 0.5) is 9.18 Å². The molecule has 0 saturated carbocycles. The Hall–Kier alpha value is -2.36. The number of halogens is 2. The molecular weight excluding hydrogens is 411 g/mol. The van der Waals surface area contributed by atoms with Gasteiger partial charge in [0.15, 0.2) is 0 Å². The van der Waals surface area contributed by atoms with E-state index >= 15 is 0 Å². The maximum Gasteiger partial charge on any atom is 0.333 e. The van der Waals surface area contributed by atoms with Gasteiger partial charge < -0.3 is 4.90 Å². The molecule has 0 aromatic heterocycles. The summed E-state index contributed by atoms with van der Waals surface area (Å²) in [4.78, 5) is 37.1. The molecule has 1 unspecified atom stereocenters. The minimum absolute atomic E-state index is 0.0911.